The second kappa shape index (κ2) is 9.68. The van der Waals surface area contributed by atoms with Crippen molar-refractivity contribution in [1.29, 1.82) is 0 Å². The van der Waals surface area contributed by atoms with E-state index in [-0.39, 0.29) is 5.91 Å². The molecule has 0 aromatic heterocycles. The standard InChI is InChI=1S/C11H22N2O2/c1-4-5-7-15-8-6-12-11(14)9-13-10(2)3/h4,10,13H,1,5-9H2,2-3H3,(H,12,14). The van der Waals surface area contributed by atoms with Gasteiger partial charge in [-0.3, -0.25) is 4.79 Å². The Morgan fingerprint density at radius 3 is 2.80 bits per heavy atom. The summed E-state index contributed by atoms with van der Waals surface area (Å²) in [4.78, 5) is 11.2. The Balaban J connectivity index is 3.20. The van der Waals surface area contributed by atoms with Crippen molar-refractivity contribution in [2.45, 2.75) is 26.3 Å². The molecule has 88 valence electrons. The fourth-order valence-electron chi connectivity index (χ4n) is 0.891. The predicted octanol–water partition coefficient (Wildman–Crippen LogP) is 0.693. The quantitative estimate of drug-likeness (QED) is 0.438. The van der Waals surface area contributed by atoms with Crippen LogP contribution in [0.2, 0.25) is 0 Å². The summed E-state index contributed by atoms with van der Waals surface area (Å²) in [6.45, 7) is 9.76. The van der Waals surface area contributed by atoms with Gasteiger partial charge in [-0.25, -0.2) is 0 Å². The smallest absolute Gasteiger partial charge is 0.234 e. The van der Waals surface area contributed by atoms with Crippen molar-refractivity contribution in [3.8, 4) is 0 Å². The molecule has 0 spiro atoms. The lowest BCUT2D eigenvalue weighted by atomic mass is 10.4. The van der Waals surface area contributed by atoms with Crippen LogP contribution in [0.25, 0.3) is 0 Å². The van der Waals surface area contributed by atoms with Gasteiger partial charge in [0, 0.05) is 12.6 Å². The molecule has 0 rings (SSSR count). The SMILES string of the molecule is C=CCCOCCNC(=O)CNC(C)C. The number of carbonyl (C=O) groups excluding carboxylic acids is 1. The highest BCUT2D eigenvalue weighted by atomic mass is 16.5. The maximum Gasteiger partial charge on any atom is 0.234 e. The van der Waals surface area contributed by atoms with Crippen LogP contribution in [0.15, 0.2) is 12.7 Å². The number of hydrogen-bond donors (Lipinski definition) is 2. The highest BCUT2D eigenvalue weighted by Crippen LogP contribution is 1.81. The van der Waals surface area contributed by atoms with E-state index in [1.807, 2.05) is 19.9 Å². The van der Waals surface area contributed by atoms with Crippen LogP contribution in [0, 0.1) is 0 Å². The molecule has 0 fully saturated rings. The normalized spacial score (nSPS) is 10.3. The highest BCUT2D eigenvalue weighted by molar-refractivity contribution is 5.77. The number of carbonyl (C=O) groups is 1. The van der Waals surface area contributed by atoms with E-state index in [1.165, 1.54) is 0 Å². The van der Waals surface area contributed by atoms with Crippen LogP contribution in [-0.4, -0.2) is 38.3 Å². The summed E-state index contributed by atoms with van der Waals surface area (Å²) in [5.74, 6) is 0.0102. The van der Waals surface area contributed by atoms with E-state index in [1.54, 1.807) is 0 Å². The molecular formula is C11H22N2O2. The maximum atomic E-state index is 11.2. The Morgan fingerprint density at radius 2 is 2.20 bits per heavy atom. The zero-order valence-electron chi connectivity index (χ0n) is 9.71. The summed E-state index contributed by atoms with van der Waals surface area (Å²) in [6, 6.07) is 0.333. The van der Waals surface area contributed by atoms with Crippen molar-refractivity contribution >= 4 is 5.91 Å². The minimum atomic E-state index is 0.0102. The van der Waals surface area contributed by atoms with E-state index in [2.05, 4.69) is 17.2 Å². The lowest BCUT2D eigenvalue weighted by Crippen LogP contribution is -2.38. The minimum absolute atomic E-state index is 0.0102. The van der Waals surface area contributed by atoms with Gasteiger partial charge in [-0.15, -0.1) is 6.58 Å². The van der Waals surface area contributed by atoms with Gasteiger partial charge in [-0.2, -0.15) is 0 Å². The van der Waals surface area contributed by atoms with Gasteiger partial charge in [-0.1, -0.05) is 19.9 Å². The third-order valence-corrected chi connectivity index (χ3v) is 1.71. The van der Waals surface area contributed by atoms with Crippen LogP contribution in [0.5, 0.6) is 0 Å². The Bertz CT molecular complexity index is 181. The number of ether oxygens (including phenoxy) is 1. The van der Waals surface area contributed by atoms with Gasteiger partial charge in [0.15, 0.2) is 0 Å². The topological polar surface area (TPSA) is 50.4 Å². The zero-order valence-corrected chi connectivity index (χ0v) is 9.71. The van der Waals surface area contributed by atoms with E-state index in [0.717, 1.165) is 6.42 Å². The van der Waals surface area contributed by atoms with Crippen molar-refractivity contribution < 1.29 is 9.53 Å². The molecule has 0 aromatic rings. The first-order valence-corrected chi connectivity index (χ1v) is 5.35. The third-order valence-electron chi connectivity index (χ3n) is 1.71. The highest BCUT2D eigenvalue weighted by Gasteiger charge is 2.00. The van der Waals surface area contributed by atoms with E-state index in [0.29, 0.717) is 32.3 Å². The monoisotopic (exact) mass is 214 g/mol. The molecule has 15 heavy (non-hydrogen) atoms. The summed E-state index contributed by atoms with van der Waals surface area (Å²) >= 11 is 0. The average Bonchev–Trinajstić information content (AvgIpc) is 2.20. The van der Waals surface area contributed by atoms with Crippen LogP contribution < -0.4 is 10.6 Å². The Hall–Kier alpha value is -0.870. The van der Waals surface area contributed by atoms with Crippen molar-refractivity contribution in [3.05, 3.63) is 12.7 Å². The molecule has 0 aliphatic heterocycles. The third kappa shape index (κ3) is 11.1. The molecule has 0 atom stereocenters. The number of nitrogens with one attached hydrogen (secondary N) is 2. The fourth-order valence-corrected chi connectivity index (χ4v) is 0.891. The first kappa shape index (κ1) is 14.1. The van der Waals surface area contributed by atoms with Gasteiger partial charge in [-0.05, 0) is 6.42 Å². The molecule has 0 aliphatic rings. The Morgan fingerprint density at radius 1 is 1.47 bits per heavy atom. The summed E-state index contributed by atoms with van der Waals surface area (Å²) in [5.41, 5.74) is 0. The van der Waals surface area contributed by atoms with Crippen molar-refractivity contribution in [1.82, 2.24) is 10.6 Å². The molecule has 0 aromatic carbocycles. The van der Waals surface area contributed by atoms with Gasteiger partial charge in [0.25, 0.3) is 0 Å². The maximum absolute atomic E-state index is 11.2. The molecule has 4 heteroatoms. The number of rotatable bonds is 9. The van der Waals surface area contributed by atoms with Crippen LogP contribution in [0.3, 0.4) is 0 Å². The van der Waals surface area contributed by atoms with Crippen LogP contribution in [0.1, 0.15) is 20.3 Å². The van der Waals surface area contributed by atoms with E-state index in [4.69, 9.17) is 4.74 Å². The summed E-state index contributed by atoms with van der Waals surface area (Å²) in [5, 5.41) is 5.80. The van der Waals surface area contributed by atoms with E-state index in [9.17, 15) is 4.79 Å². The Kier molecular flexibility index (Phi) is 9.11. The summed E-state index contributed by atoms with van der Waals surface area (Å²) in [6.07, 6.45) is 2.66. The van der Waals surface area contributed by atoms with Gasteiger partial charge in [0.05, 0.1) is 19.8 Å². The largest absolute Gasteiger partial charge is 0.379 e. The molecule has 0 saturated carbocycles. The van der Waals surface area contributed by atoms with Gasteiger partial charge < -0.3 is 15.4 Å². The molecule has 2 N–H and O–H groups in total. The Labute approximate surface area is 92.1 Å². The van der Waals surface area contributed by atoms with Crippen LogP contribution in [-0.2, 0) is 9.53 Å². The molecule has 0 aliphatic carbocycles. The van der Waals surface area contributed by atoms with Gasteiger partial charge in [0.2, 0.25) is 5.91 Å². The summed E-state index contributed by atoms with van der Waals surface area (Å²) < 4.78 is 5.24. The predicted molar refractivity (Wildman–Crippen MR) is 61.8 cm³/mol. The lowest BCUT2D eigenvalue weighted by Gasteiger charge is -2.08. The van der Waals surface area contributed by atoms with E-state index >= 15 is 0 Å². The molecule has 0 radical (unpaired) electrons. The molecule has 4 nitrogen and oxygen atoms in total. The van der Waals surface area contributed by atoms with Gasteiger partial charge in [0.1, 0.15) is 0 Å². The molecular weight excluding hydrogens is 192 g/mol. The first-order valence-electron chi connectivity index (χ1n) is 5.35. The number of hydrogen-bond acceptors (Lipinski definition) is 3. The molecule has 0 bridgehead atoms. The second-order valence-electron chi connectivity index (χ2n) is 3.58. The van der Waals surface area contributed by atoms with Crippen molar-refractivity contribution in [3.63, 3.8) is 0 Å². The second-order valence-corrected chi connectivity index (χ2v) is 3.58. The van der Waals surface area contributed by atoms with Crippen LogP contribution >= 0.6 is 0 Å². The molecule has 0 unspecified atom stereocenters. The van der Waals surface area contributed by atoms with Crippen molar-refractivity contribution in [2.24, 2.45) is 0 Å². The van der Waals surface area contributed by atoms with Crippen molar-refractivity contribution in [2.75, 3.05) is 26.3 Å². The average molecular weight is 214 g/mol. The fraction of sp³-hybridized carbons (Fsp3) is 0.727. The molecule has 1 amide bonds. The lowest BCUT2D eigenvalue weighted by molar-refractivity contribution is -0.120. The first-order chi connectivity index (χ1) is 7.16. The molecule has 0 saturated heterocycles. The minimum Gasteiger partial charge on any atom is -0.379 e. The van der Waals surface area contributed by atoms with Gasteiger partial charge >= 0.3 is 0 Å². The van der Waals surface area contributed by atoms with Crippen LogP contribution in [0.4, 0.5) is 0 Å². The summed E-state index contributed by atoms with van der Waals surface area (Å²) in [7, 11) is 0. The molecule has 0 heterocycles. The van der Waals surface area contributed by atoms with E-state index < -0.39 is 0 Å². The number of amides is 1. The zero-order chi connectivity index (χ0) is 11.5.